The molecule has 1 heteroatoms. The zero-order chi connectivity index (χ0) is 11.4. The molecule has 0 aromatic carbocycles. The summed E-state index contributed by atoms with van der Waals surface area (Å²) in [5, 5.41) is 0. The van der Waals surface area contributed by atoms with Crippen LogP contribution in [0.4, 0.5) is 0 Å². The highest BCUT2D eigenvalue weighted by Crippen LogP contribution is 2.62. The van der Waals surface area contributed by atoms with Gasteiger partial charge in [0.15, 0.2) is 0 Å². The van der Waals surface area contributed by atoms with E-state index in [0.29, 0.717) is 16.6 Å². The minimum Gasteiger partial charge on any atom is -0.287 e. The van der Waals surface area contributed by atoms with Crippen LogP contribution in [0.1, 0.15) is 78.6 Å². The molecule has 0 aromatic heterocycles. The van der Waals surface area contributed by atoms with Crippen molar-refractivity contribution < 1.29 is 0 Å². The van der Waals surface area contributed by atoms with Gasteiger partial charge in [-0.25, -0.2) is 0 Å². The van der Waals surface area contributed by atoms with E-state index in [4.69, 9.17) is 0 Å². The van der Waals surface area contributed by atoms with E-state index in [2.05, 4.69) is 25.7 Å². The Balaban J connectivity index is 1.96. The number of nitrogens with zero attached hydrogens (tertiary/aromatic N) is 1. The molecule has 92 valence electrons. The fourth-order valence-electron chi connectivity index (χ4n) is 5.86. The van der Waals surface area contributed by atoms with Crippen molar-refractivity contribution in [3.63, 3.8) is 0 Å². The summed E-state index contributed by atoms with van der Waals surface area (Å²) in [5.41, 5.74) is 1.75. The fourth-order valence-corrected chi connectivity index (χ4v) is 5.86. The van der Waals surface area contributed by atoms with Crippen LogP contribution in [0, 0.1) is 0 Å². The van der Waals surface area contributed by atoms with Gasteiger partial charge in [-0.1, -0.05) is 13.3 Å². The van der Waals surface area contributed by atoms with E-state index in [-0.39, 0.29) is 0 Å². The first-order valence-electron chi connectivity index (χ1n) is 7.35. The van der Waals surface area contributed by atoms with Gasteiger partial charge in [0.2, 0.25) is 0 Å². The molecule has 3 aliphatic heterocycles. The summed E-state index contributed by atoms with van der Waals surface area (Å²) in [6.07, 6.45) is 13.1. The molecule has 0 N–H and O–H groups in total. The molecule has 0 bridgehead atoms. The SMILES string of the molecule is CCCC12CCCC3(C)CC(C)(CCC1)N32. The first-order valence-corrected chi connectivity index (χ1v) is 7.35. The van der Waals surface area contributed by atoms with Crippen molar-refractivity contribution in [2.75, 3.05) is 0 Å². The Morgan fingerprint density at radius 2 is 1.50 bits per heavy atom. The van der Waals surface area contributed by atoms with Gasteiger partial charge in [-0.3, -0.25) is 4.90 Å². The van der Waals surface area contributed by atoms with E-state index in [1.165, 1.54) is 57.8 Å². The monoisotopic (exact) mass is 221 g/mol. The van der Waals surface area contributed by atoms with Crippen molar-refractivity contribution in [1.29, 1.82) is 0 Å². The molecule has 2 unspecified atom stereocenters. The van der Waals surface area contributed by atoms with E-state index in [9.17, 15) is 0 Å². The number of piperidine rings is 2. The summed E-state index contributed by atoms with van der Waals surface area (Å²) in [4.78, 5) is 2.99. The van der Waals surface area contributed by atoms with E-state index in [1.807, 2.05) is 0 Å². The average molecular weight is 221 g/mol. The fraction of sp³-hybridized carbons (Fsp3) is 1.00. The van der Waals surface area contributed by atoms with Crippen LogP contribution < -0.4 is 0 Å². The summed E-state index contributed by atoms with van der Waals surface area (Å²) in [6.45, 7) is 7.43. The van der Waals surface area contributed by atoms with Gasteiger partial charge in [0, 0.05) is 16.6 Å². The molecule has 0 amide bonds. The maximum atomic E-state index is 2.99. The van der Waals surface area contributed by atoms with Gasteiger partial charge in [-0.2, -0.15) is 0 Å². The van der Waals surface area contributed by atoms with Gasteiger partial charge in [-0.05, 0) is 65.2 Å². The normalized spacial score (nSPS) is 51.9. The van der Waals surface area contributed by atoms with Gasteiger partial charge in [0.1, 0.15) is 0 Å². The molecule has 1 nitrogen and oxygen atoms in total. The molecular formula is C15H27N. The van der Waals surface area contributed by atoms with Crippen LogP contribution in [-0.2, 0) is 0 Å². The van der Waals surface area contributed by atoms with Crippen molar-refractivity contribution in [2.45, 2.75) is 95.2 Å². The van der Waals surface area contributed by atoms with Crippen molar-refractivity contribution >= 4 is 0 Å². The third kappa shape index (κ3) is 1.21. The van der Waals surface area contributed by atoms with Crippen LogP contribution in [0.3, 0.4) is 0 Å². The van der Waals surface area contributed by atoms with Crippen LogP contribution in [0.2, 0.25) is 0 Å². The van der Waals surface area contributed by atoms with Gasteiger partial charge < -0.3 is 0 Å². The lowest BCUT2D eigenvalue weighted by atomic mass is 9.55. The Morgan fingerprint density at radius 3 is 2.00 bits per heavy atom. The largest absolute Gasteiger partial charge is 0.287 e. The van der Waals surface area contributed by atoms with Crippen molar-refractivity contribution in [2.24, 2.45) is 0 Å². The molecule has 2 atom stereocenters. The van der Waals surface area contributed by atoms with Crippen molar-refractivity contribution in [3.8, 4) is 0 Å². The molecular weight excluding hydrogens is 194 g/mol. The Hall–Kier alpha value is -0.0400. The Morgan fingerprint density at radius 1 is 0.938 bits per heavy atom. The number of hydrogen-bond acceptors (Lipinski definition) is 1. The second-order valence-corrected chi connectivity index (χ2v) is 7.19. The zero-order valence-corrected chi connectivity index (χ0v) is 11.3. The molecule has 0 aromatic rings. The maximum Gasteiger partial charge on any atom is 0.0220 e. The van der Waals surface area contributed by atoms with Crippen molar-refractivity contribution in [3.05, 3.63) is 0 Å². The second-order valence-electron chi connectivity index (χ2n) is 7.19. The standard InChI is InChI=1S/C15H27N/c1-4-7-15-10-5-8-13(2)12-14(3,16(13)15)9-6-11-15/h4-12H2,1-3H3. The third-order valence-corrected chi connectivity index (χ3v) is 5.75. The summed E-state index contributed by atoms with van der Waals surface area (Å²) in [6, 6.07) is 0. The molecule has 0 spiro atoms. The molecule has 3 saturated heterocycles. The summed E-state index contributed by atoms with van der Waals surface area (Å²) in [7, 11) is 0. The lowest BCUT2D eigenvalue weighted by Crippen LogP contribution is -2.81. The second kappa shape index (κ2) is 3.25. The predicted octanol–water partition coefficient (Wildman–Crippen LogP) is 4.12. The van der Waals surface area contributed by atoms with Crippen LogP contribution in [0.15, 0.2) is 0 Å². The predicted molar refractivity (Wildman–Crippen MR) is 68.6 cm³/mol. The van der Waals surface area contributed by atoms with Gasteiger partial charge >= 0.3 is 0 Å². The topological polar surface area (TPSA) is 3.24 Å². The van der Waals surface area contributed by atoms with E-state index in [1.54, 1.807) is 0 Å². The third-order valence-electron chi connectivity index (χ3n) is 5.75. The highest BCUT2D eigenvalue weighted by atomic mass is 15.4. The molecule has 3 heterocycles. The molecule has 0 aliphatic carbocycles. The highest BCUT2D eigenvalue weighted by Gasteiger charge is 2.65. The quantitative estimate of drug-likeness (QED) is 0.678. The van der Waals surface area contributed by atoms with Crippen molar-refractivity contribution in [1.82, 2.24) is 4.90 Å². The maximum absolute atomic E-state index is 2.99. The Labute approximate surface area is 101 Å². The summed E-state index contributed by atoms with van der Waals surface area (Å²) >= 11 is 0. The zero-order valence-electron chi connectivity index (χ0n) is 11.3. The average Bonchev–Trinajstić information content (AvgIpc) is 2.15. The smallest absolute Gasteiger partial charge is 0.0220 e. The minimum atomic E-state index is 0.572. The molecule has 0 radical (unpaired) electrons. The Bertz CT molecular complexity index is 270. The summed E-state index contributed by atoms with van der Waals surface area (Å²) < 4.78 is 0. The van der Waals surface area contributed by atoms with Crippen LogP contribution >= 0.6 is 0 Å². The highest BCUT2D eigenvalue weighted by molar-refractivity contribution is 5.21. The van der Waals surface area contributed by atoms with E-state index < -0.39 is 0 Å². The van der Waals surface area contributed by atoms with E-state index >= 15 is 0 Å². The first kappa shape index (κ1) is 11.1. The molecule has 3 fully saturated rings. The lowest BCUT2D eigenvalue weighted by molar-refractivity contribution is -0.242. The number of hydrogen-bond donors (Lipinski definition) is 0. The molecule has 3 aliphatic rings. The van der Waals surface area contributed by atoms with Gasteiger partial charge in [-0.15, -0.1) is 0 Å². The molecule has 16 heavy (non-hydrogen) atoms. The van der Waals surface area contributed by atoms with Crippen LogP contribution in [0.5, 0.6) is 0 Å². The number of rotatable bonds is 2. The van der Waals surface area contributed by atoms with Gasteiger partial charge in [0.05, 0.1) is 0 Å². The van der Waals surface area contributed by atoms with Crippen LogP contribution in [-0.4, -0.2) is 21.5 Å². The Kier molecular flexibility index (Phi) is 2.25. The minimum absolute atomic E-state index is 0.572. The molecule has 0 saturated carbocycles. The van der Waals surface area contributed by atoms with Gasteiger partial charge in [0.25, 0.3) is 0 Å². The lowest BCUT2D eigenvalue weighted by Gasteiger charge is -2.75. The first-order chi connectivity index (χ1) is 7.55. The molecule has 3 rings (SSSR count). The van der Waals surface area contributed by atoms with E-state index in [0.717, 1.165) is 0 Å². The summed E-state index contributed by atoms with van der Waals surface area (Å²) in [5.74, 6) is 0. The van der Waals surface area contributed by atoms with Crippen LogP contribution in [0.25, 0.3) is 0 Å².